The summed E-state index contributed by atoms with van der Waals surface area (Å²) in [5.74, 6) is -0.609. The van der Waals surface area contributed by atoms with Gasteiger partial charge in [0.25, 0.3) is 0 Å². The molecule has 0 aliphatic heterocycles. The van der Waals surface area contributed by atoms with Gasteiger partial charge in [0.15, 0.2) is 0 Å². The predicted octanol–water partition coefficient (Wildman–Crippen LogP) is 7.44. The molecule has 18 heteroatoms. The maximum atomic E-state index is 14.0. The summed E-state index contributed by atoms with van der Waals surface area (Å²) in [6.07, 6.45) is 3.57. The molecule has 0 radical (unpaired) electrons. The van der Waals surface area contributed by atoms with Crippen molar-refractivity contribution in [1.82, 2.24) is 58.5 Å². The molecule has 456 valence electrons. The first-order valence-electron chi connectivity index (χ1n) is 29.8. The van der Waals surface area contributed by atoms with E-state index in [1.807, 2.05) is 203 Å². The van der Waals surface area contributed by atoms with E-state index >= 15 is 0 Å². The van der Waals surface area contributed by atoms with E-state index in [0.29, 0.717) is 51.4 Å². The van der Waals surface area contributed by atoms with Crippen molar-refractivity contribution in [1.29, 1.82) is 0 Å². The van der Waals surface area contributed by atoms with Gasteiger partial charge in [0.1, 0.15) is 0 Å². The molecule has 6 aromatic rings. The van der Waals surface area contributed by atoms with Gasteiger partial charge in [0.2, 0.25) is 17.7 Å². The van der Waals surface area contributed by atoms with Crippen LogP contribution in [-0.4, -0.2) is 111 Å². The third-order valence-corrected chi connectivity index (χ3v) is 14.4. The zero-order valence-corrected chi connectivity index (χ0v) is 50.0. The first-order chi connectivity index (χ1) is 41.5. The summed E-state index contributed by atoms with van der Waals surface area (Å²) in [5, 5.41) is 32.8. The van der Waals surface area contributed by atoms with Crippen LogP contribution in [0.2, 0.25) is 0 Å². The van der Waals surface area contributed by atoms with Crippen LogP contribution >= 0.6 is 0 Å². The first kappa shape index (κ1) is 66.0. The topological polar surface area (TPSA) is 252 Å². The monoisotopic (exact) mass is 1170 g/mol. The quantitative estimate of drug-likeness (QED) is 0.0204. The minimum atomic E-state index is -0.630. The van der Waals surface area contributed by atoms with Crippen molar-refractivity contribution in [2.24, 2.45) is 5.41 Å². The molecular weight excluding hydrogens is 1080 g/mol. The summed E-state index contributed by atoms with van der Waals surface area (Å²) >= 11 is 0. The Morgan fingerprint density at radius 2 is 0.547 bits per heavy atom. The van der Waals surface area contributed by atoms with Crippen molar-refractivity contribution in [2.45, 2.75) is 121 Å². The number of carbonyl (C=O) groups is 7. The number of urea groups is 4. The van der Waals surface area contributed by atoms with Crippen LogP contribution in [0, 0.1) is 5.41 Å². The number of benzene rings is 6. The Kier molecular flexibility index (Phi) is 27.5. The summed E-state index contributed by atoms with van der Waals surface area (Å²) in [7, 11) is 1.52. The van der Waals surface area contributed by atoms with Crippen LogP contribution in [-0.2, 0) is 52.9 Å². The summed E-state index contributed by atoms with van der Waals surface area (Å²) in [6.45, 7) is 6.09. The summed E-state index contributed by atoms with van der Waals surface area (Å²) in [4.78, 5) is 94.0. The lowest BCUT2D eigenvalue weighted by Gasteiger charge is -2.26. The Morgan fingerprint density at radius 1 is 0.314 bits per heavy atom. The Balaban J connectivity index is 1.06. The molecule has 6 atom stereocenters. The molecule has 0 aliphatic carbocycles. The van der Waals surface area contributed by atoms with Crippen molar-refractivity contribution < 1.29 is 33.6 Å². The van der Waals surface area contributed by atoms with Crippen LogP contribution in [0.4, 0.5) is 19.2 Å². The van der Waals surface area contributed by atoms with E-state index in [-0.39, 0.29) is 68.8 Å². The molecule has 11 N–H and O–H groups in total. The zero-order chi connectivity index (χ0) is 61.4. The number of carbonyl (C=O) groups excluding carboxylic acids is 7. The molecule has 0 heterocycles. The molecule has 0 fully saturated rings. The van der Waals surface area contributed by atoms with Gasteiger partial charge in [-0.25, -0.2) is 19.2 Å². The lowest BCUT2D eigenvalue weighted by molar-refractivity contribution is -0.129. The number of hydrogen-bond donors (Lipinski definition) is 11. The third kappa shape index (κ3) is 26.2. The fourth-order valence-corrected chi connectivity index (χ4v) is 9.81. The van der Waals surface area contributed by atoms with Crippen molar-refractivity contribution in [3.63, 3.8) is 0 Å². The lowest BCUT2D eigenvalue weighted by atomic mass is 9.94. The van der Waals surface area contributed by atoms with Crippen molar-refractivity contribution in [3.05, 3.63) is 215 Å². The van der Waals surface area contributed by atoms with Crippen LogP contribution in [0.15, 0.2) is 182 Å². The number of rotatable bonds is 32. The molecular formula is C68H87N11O7. The van der Waals surface area contributed by atoms with Gasteiger partial charge in [-0.2, -0.15) is 0 Å². The van der Waals surface area contributed by atoms with Crippen molar-refractivity contribution in [2.75, 3.05) is 33.2 Å². The van der Waals surface area contributed by atoms with E-state index < -0.39 is 53.7 Å². The van der Waals surface area contributed by atoms with E-state index in [2.05, 4.69) is 58.5 Å². The third-order valence-electron chi connectivity index (χ3n) is 14.4. The van der Waals surface area contributed by atoms with Crippen LogP contribution in [0.1, 0.15) is 79.8 Å². The molecule has 0 saturated carbocycles. The van der Waals surface area contributed by atoms with Gasteiger partial charge in [-0.1, -0.05) is 203 Å². The van der Waals surface area contributed by atoms with Gasteiger partial charge in [-0.15, -0.1) is 0 Å². The van der Waals surface area contributed by atoms with E-state index in [4.69, 9.17) is 0 Å². The fourth-order valence-electron chi connectivity index (χ4n) is 9.81. The standard InChI is InChI=1S/C68H87N11O7/c1-68(2,3)63(82)76-58(42-52-29-17-8-18-30-52)46-72-67(86)79-60(44-54-33-21-10-22-34-54)48-73-65(84)77-56(40-50-25-13-6-14-26-50)36-38-61(80)74-55(39-49-23-11-5-12-24-49)35-37-62(81)75-57(41-51-27-15-7-16-28-51)45-71-66(85)78-59(47-70-64(83)69-4)43-53-31-19-9-20-32-53/h5-34,55-60H,35-48H2,1-4H3,(H,74,80)(H,75,81)(H,76,82)(H2,69,70,83)(H2,71,78,85)(H2,72,79,86)(H2,73,77,84)/t55-,56-,57-,58-,59-,60-/m0/s1. The smallest absolute Gasteiger partial charge is 0.315 e. The van der Waals surface area contributed by atoms with Crippen LogP contribution < -0.4 is 58.5 Å². The van der Waals surface area contributed by atoms with Gasteiger partial charge >= 0.3 is 24.1 Å². The van der Waals surface area contributed by atoms with Crippen LogP contribution in [0.5, 0.6) is 0 Å². The molecule has 0 spiro atoms. The average molecular weight is 1170 g/mol. The second-order valence-electron chi connectivity index (χ2n) is 22.8. The molecule has 0 aromatic heterocycles. The first-order valence-corrected chi connectivity index (χ1v) is 29.8. The number of hydrogen-bond acceptors (Lipinski definition) is 7. The zero-order valence-electron chi connectivity index (χ0n) is 50.0. The highest BCUT2D eigenvalue weighted by Crippen LogP contribution is 2.16. The van der Waals surface area contributed by atoms with Gasteiger partial charge in [-0.05, 0) is 84.7 Å². The fraction of sp³-hybridized carbons (Fsp3) is 0.368. The SMILES string of the molecule is CNC(=O)NC[C@H](Cc1ccccc1)NC(=O)NC[C@H](Cc1ccccc1)NC(=O)CC[C@@H](Cc1ccccc1)NC(=O)CC[C@@H](Cc1ccccc1)NC(=O)NC[C@H](Cc1ccccc1)NC(=O)NC[C@H](Cc1ccccc1)NC(=O)C(C)(C)C. The minimum absolute atomic E-state index is 0.0794. The second-order valence-corrected chi connectivity index (χ2v) is 22.8. The average Bonchev–Trinajstić information content (AvgIpc) is 3.70. The molecule has 0 unspecified atom stereocenters. The van der Waals surface area contributed by atoms with Gasteiger partial charge in [0.05, 0.1) is 24.2 Å². The Labute approximate surface area is 507 Å². The van der Waals surface area contributed by atoms with E-state index in [1.165, 1.54) is 7.05 Å². The molecule has 6 rings (SSSR count). The van der Waals surface area contributed by atoms with Gasteiger partial charge in [-0.3, -0.25) is 14.4 Å². The molecule has 6 aromatic carbocycles. The highest BCUT2D eigenvalue weighted by molar-refractivity contribution is 5.82. The molecule has 0 saturated heterocycles. The van der Waals surface area contributed by atoms with Crippen molar-refractivity contribution in [3.8, 4) is 0 Å². The summed E-state index contributed by atoms with van der Waals surface area (Å²) < 4.78 is 0. The lowest BCUT2D eigenvalue weighted by Crippen LogP contribution is -2.54. The minimum Gasteiger partial charge on any atom is -0.353 e. The highest BCUT2D eigenvalue weighted by atomic mass is 16.2. The normalized spacial score (nSPS) is 13.1. The van der Waals surface area contributed by atoms with E-state index in [9.17, 15) is 33.6 Å². The van der Waals surface area contributed by atoms with Crippen LogP contribution in [0.25, 0.3) is 0 Å². The van der Waals surface area contributed by atoms with Gasteiger partial charge < -0.3 is 58.5 Å². The highest BCUT2D eigenvalue weighted by Gasteiger charge is 2.26. The second kappa shape index (κ2) is 35.8. The molecule has 18 nitrogen and oxygen atoms in total. The maximum absolute atomic E-state index is 14.0. The van der Waals surface area contributed by atoms with E-state index in [0.717, 1.165) is 33.4 Å². The maximum Gasteiger partial charge on any atom is 0.315 e. The Morgan fingerprint density at radius 3 is 0.837 bits per heavy atom. The summed E-state index contributed by atoms with van der Waals surface area (Å²) in [6, 6.07) is 53.8. The molecule has 11 amide bonds. The Bertz CT molecular complexity index is 2990. The number of nitrogens with one attached hydrogen (secondary N) is 11. The Hall–Kier alpha value is -9.19. The summed E-state index contributed by atoms with van der Waals surface area (Å²) in [5.41, 5.74) is 5.26. The predicted molar refractivity (Wildman–Crippen MR) is 338 cm³/mol. The molecule has 86 heavy (non-hydrogen) atoms. The number of amides is 11. The molecule has 0 bridgehead atoms. The molecule has 0 aliphatic rings. The van der Waals surface area contributed by atoms with Crippen molar-refractivity contribution >= 4 is 41.8 Å². The van der Waals surface area contributed by atoms with Gasteiger partial charge in [0, 0.05) is 63.6 Å². The van der Waals surface area contributed by atoms with E-state index in [1.54, 1.807) is 0 Å². The largest absolute Gasteiger partial charge is 0.353 e. The van der Waals surface area contributed by atoms with Crippen LogP contribution in [0.3, 0.4) is 0 Å².